The van der Waals surface area contributed by atoms with Gasteiger partial charge < -0.3 is 10.3 Å². The second-order valence-electron chi connectivity index (χ2n) is 1.22. The summed E-state index contributed by atoms with van der Waals surface area (Å²) in [6.07, 6.45) is 0.899. The standard InChI is InChI=1S/C3H5N3/c4-6-3-1-2-5-3/h5H,1-2H2. The number of amidine groups is 1. The van der Waals surface area contributed by atoms with Gasteiger partial charge in [0.15, 0.2) is 0 Å². The first-order valence-electron chi connectivity index (χ1n) is 1.88. The Morgan fingerprint density at radius 2 is 2.50 bits per heavy atom. The van der Waals surface area contributed by atoms with Gasteiger partial charge in [0.2, 0.25) is 0 Å². The smallest absolute Gasteiger partial charge is 0.330 e. The summed E-state index contributed by atoms with van der Waals surface area (Å²) in [6.45, 7) is 0.958. The van der Waals surface area contributed by atoms with Crippen LogP contribution in [0.25, 0.3) is 5.53 Å². The summed E-state index contributed by atoms with van der Waals surface area (Å²) in [5.41, 5.74) is 7.91. The Hall–Kier alpha value is -0.820. The summed E-state index contributed by atoms with van der Waals surface area (Å²) in [5.74, 6) is 0.704. The highest BCUT2D eigenvalue weighted by atomic mass is 15.1. The molecule has 1 aliphatic heterocycles. The Bertz CT molecular complexity index is 94.6. The molecule has 0 aliphatic carbocycles. The van der Waals surface area contributed by atoms with Crippen molar-refractivity contribution in [3.63, 3.8) is 0 Å². The van der Waals surface area contributed by atoms with Crippen LogP contribution in [0.2, 0.25) is 0 Å². The molecule has 1 N–H and O–H groups in total. The van der Waals surface area contributed by atoms with Gasteiger partial charge >= 0.3 is 5.84 Å². The fourth-order valence-corrected chi connectivity index (χ4v) is 0.322. The topological polar surface area (TPSA) is 48.4 Å². The second-order valence-corrected chi connectivity index (χ2v) is 1.22. The third-order valence-electron chi connectivity index (χ3n) is 0.812. The highest BCUT2D eigenvalue weighted by Gasteiger charge is 2.15. The Kier molecular flexibility index (Phi) is 0.622. The third-order valence-corrected chi connectivity index (χ3v) is 0.812. The summed E-state index contributed by atoms with van der Waals surface area (Å²) in [7, 11) is 0. The highest BCUT2D eigenvalue weighted by molar-refractivity contribution is 5.81. The monoisotopic (exact) mass is 83.0 g/mol. The van der Waals surface area contributed by atoms with E-state index in [1.165, 1.54) is 0 Å². The van der Waals surface area contributed by atoms with Crippen molar-refractivity contribution in [1.82, 2.24) is 5.32 Å². The second kappa shape index (κ2) is 1.11. The lowest BCUT2D eigenvalue weighted by Gasteiger charge is -2.03. The molecular formula is C3H5N3. The molecule has 0 bridgehead atoms. The van der Waals surface area contributed by atoms with Crippen molar-refractivity contribution in [3.05, 3.63) is 5.53 Å². The van der Waals surface area contributed by atoms with Crippen LogP contribution in [0.15, 0.2) is 0 Å². The third kappa shape index (κ3) is 0.293. The minimum Gasteiger partial charge on any atom is -0.498 e. The molecule has 0 spiro atoms. The largest absolute Gasteiger partial charge is 0.498 e. The van der Waals surface area contributed by atoms with Gasteiger partial charge in [0.05, 0.1) is 6.54 Å². The molecule has 1 heterocycles. The van der Waals surface area contributed by atoms with Crippen LogP contribution in [-0.4, -0.2) is 17.2 Å². The molecule has 0 radical (unpaired) electrons. The molecule has 1 rings (SSSR count). The van der Waals surface area contributed by atoms with Gasteiger partial charge in [-0.1, -0.05) is 0 Å². The summed E-state index contributed by atoms with van der Waals surface area (Å²) in [4.78, 5) is 2.90. The van der Waals surface area contributed by atoms with Crippen LogP contribution in [0.5, 0.6) is 0 Å². The molecule has 3 heteroatoms. The van der Waals surface area contributed by atoms with Crippen LogP contribution < -0.4 is 5.32 Å². The van der Waals surface area contributed by atoms with Crippen molar-refractivity contribution in [2.75, 3.05) is 6.54 Å². The van der Waals surface area contributed by atoms with E-state index in [1.54, 1.807) is 0 Å². The van der Waals surface area contributed by atoms with Gasteiger partial charge in [-0.05, 0) is 0 Å². The van der Waals surface area contributed by atoms with E-state index in [-0.39, 0.29) is 0 Å². The Balaban J connectivity index is 2.55. The van der Waals surface area contributed by atoms with Crippen LogP contribution >= 0.6 is 0 Å². The summed E-state index contributed by atoms with van der Waals surface area (Å²) in [5, 5.41) is 2.80. The van der Waals surface area contributed by atoms with E-state index in [2.05, 4.69) is 10.1 Å². The lowest BCUT2D eigenvalue weighted by atomic mass is 10.3. The van der Waals surface area contributed by atoms with Gasteiger partial charge in [-0.2, -0.15) is 0 Å². The molecule has 6 heavy (non-hydrogen) atoms. The Morgan fingerprint density at radius 1 is 1.83 bits per heavy atom. The molecule has 0 atom stereocenters. The Morgan fingerprint density at radius 3 is 2.50 bits per heavy atom. The molecule has 1 aliphatic rings. The maximum absolute atomic E-state index is 7.91. The predicted octanol–water partition coefficient (Wildman–Crippen LogP) is -0.392. The lowest BCUT2D eigenvalue weighted by Crippen LogP contribution is -2.38. The van der Waals surface area contributed by atoms with E-state index in [1.807, 2.05) is 0 Å². The number of nitrogens with zero attached hydrogens (tertiary/aromatic N) is 2. The van der Waals surface area contributed by atoms with Crippen LogP contribution in [0, 0.1) is 0 Å². The maximum Gasteiger partial charge on any atom is 0.330 e. The van der Waals surface area contributed by atoms with Crippen molar-refractivity contribution in [2.45, 2.75) is 6.42 Å². The van der Waals surface area contributed by atoms with Crippen molar-refractivity contribution in [3.8, 4) is 0 Å². The molecule has 3 nitrogen and oxygen atoms in total. The molecule has 0 saturated carbocycles. The van der Waals surface area contributed by atoms with Crippen molar-refractivity contribution in [2.24, 2.45) is 0 Å². The first-order chi connectivity index (χ1) is 2.93. The maximum atomic E-state index is 7.91. The van der Waals surface area contributed by atoms with E-state index in [0.29, 0.717) is 5.84 Å². The van der Waals surface area contributed by atoms with E-state index in [9.17, 15) is 0 Å². The Labute approximate surface area is 35.6 Å². The zero-order valence-corrected chi connectivity index (χ0v) is 3.31. The van der Waals surface area contributed by atoms with Crippen molar-refractivity contribution >= 4 is 5.84 Å². The van der Waals surface area contributed by atoms with E-state index < -0.39 is 0 Å². The first kappa shape index (κ1) is 3.37. The number of hydrogen-bond acceptors (Lipinski definition) is 0. The van der Waals surface area contributed by atoms with Crippen LogP contribution in [0.1, 0.15) is 6.42 Å². The van der Waals surface area contributed by atoms with Gasteiger partial charge in [0.25, 0.3) is 0 Å². The predicted molar refractivity (Wildman–Crippen MR) is 21.2 cm³/mol. The van der Waals surface area contributed by atoms with E-state index >= 15 is 0 Å². The van der Waals surface area contributed by atoms with E-state index in [0.717, 1.165) is 13.0 Å². The van der Waals surface area contributed by atoms with Gasteiger partial charge in [-0.15, -0.1) is 0 Å². The quantitative estimate of drug-likeness (QED) is 0.314. The van der Waals surface area contributed by atoms with E-state index in [4.69, 9.17) is 5.53 Å². The minimum atomic E-state index is 0.704. The fourth-order valence-electron chi connectivity index (χ4n) is 0.322. The SMILES string of the molecule is [N-]=[N+]=C1CCN1. The first-order valence-corrected chi connectivity index (χ1v) is 1.88. The zero-order valence-electron chi connectivity index (χ0n) is 3.31. The molecule has 1 fully saturated rings. The molecule has 32 valence electrons. The zero-order chi connectivity index (χ0) is 4.41. The van der Waals surface area contributed by atoms with Gasteiger partial charge in [-0.3, -0.25) is 5.32 Å². The minimum absolute atomic E-state index is 0.704. The average Bonchev–Trinajstić information content (AvgIpc) is 1.31. The molecule has 0 aromatic heterocycles. The van der Waals surface area contributed by atoms with Crippen molar-refractivity contribution < 1.29 is 4.79 Å². The molecule has 0 unspecified atom stereocenters. The highest BCUT2D eigenvalue weighted by Crippen LogP contribution is 1.85. The molecule has 0 aromatic rings. The van der Waals surface area contributed by atoms with Crippen LogP contribution in [-0.2, 0) is 0 Å². The molecular weight excluding hydrogens is 78.1 g/mol. The summed E-state index contributed by atoms with van der Waals surface area (Å²) in [6, 6.07) is 0. The summed E-state index contributed by atoms with van der Waals surface area (Å²) >= 11 is 0. The van der Waals surface area contributed by atoms with Gasteiger partial charge in [0.1, 0.15) is 6.42 Å². The summed E-state index contributed by atoms with van der Waals surface area (Å²) < 4.78 is 0. The molecule has 0 amide bonds. The molecule has 0 aromatic carbocycles. The van der Waals surface area contributed by atoms with Gasteiger partial charge in [0, 0.05) is 0 Å². The fraction of sp³-hybridized carbons (Fsp3) is 0.667. The van der Waals surface area contributed by atoms with Crippen LogP contribution in [0.3, 0.4) is 0 Å². The number of rotatable bonds is 0. The van der Waals surface area contributed by atoms with Crippen LogP contribution in [0.4, 0.5) is 0 Å². The number of hydrogen-bond donors (Lipinski definition) is 1. The van der Waals surface area contributed by atoms with Gasteiger partial charge in [-0.25, -0.2) is 0 Å². The lowest BCUT2D eigenvalue weighted by molar-refractivity contribution is -0.0190. The average molecular weight is 83.1 g/mol. The molecule has 1 saturated heterocycles. The normalized spacial score (nSPS) is 17.7. The van der Waals surface area contributed by atoms with Crippen molar-refractivity contribution in [1.29, 1.82) is 0 Å². The number of nitrogens with one attached hydrogen (secondary N) is 1.